The predicted octanol–water partition coefficient (Wildman–Crippen LogP) is 4.81. The molecule has 2 aromatic carbocycles. The van der Waals surface area contributed by atoms with Gasteiger partial charge in [0.2, 0.25) is 0 Å². The third kappa shape index (κ3) is 4.37. The van der Waals surface area contributed by atoms with Crippen LogP contribution in [-0.2, 0) is 6.42 Å². The second kappa shape index (κ2) is 8.98. The Morgan fingerprint density at radius 2 is 1.77 bits per heavy atom. The van der Waals surface area contributed by atoms with E-state index >= 15 is 0 Å². The molecule has 31 heavy (non-hydrogen) atoms. The molecule has 4 rings (SSSR count). The van der Waals surface area contributed by atoms with Crippen LogP contribution in [0, 0.1) is 11.6 Å². The fourth-order valence-electron chi connectivity index (χ4n) is 3.85. The molecule has 2 heterocycles. The van der Waals surface area contributed by atoms with Gasteiger partial charge in [0, 0.05) is 48.7 Å². The molecule has 0 unspecified atom stereocenters. The van der Waals surface area contributed by atoms with Gasteiger partial charge in [0.15, 0.2) is 11.6 Å². The highest BCUT2D eigenvalue weighted by Crippen LogP contribution is 2.33. The number of aliphatic imine (C=N–C) groups is 1. The fourth-order valence-corrected chi connectivity index (χ4v) is 3.85. The van der Waals surface area contributed by atoms with E-state index in [1.165, 1.54) is 17.8 Å². The third-order valence-electron chi connectivity index (χ3n) is 5.80. The Kier molecular flexibility index (Phi) is 6.13. The average Bonchev–Trinajstić information content (AvgIpc) is 3.18. The van der Waals surface area contributed by atoms with Crippen molar-refractivity contribution in [2.75, 3.05) is 38.1 Å². The van der Waals surface area contributed by atoms with Gasteiger partial charge in [-0.25, -0.2) is 13.8 Å². The number of halogens is 2. The summed E-state index contributed by atoms with van der Waals surface area (Å²) in [5, 5.41) is 7.52. The molecule has 7 heteroatoms. The van der Waals surface area contributed by atoms with Crippen LogP contribution in [0.5, 0.6) is 0 Å². The van der Waals surface area contributed by atoms with Crippen LogP contribution in [0.4, 0.5) is 20.2 Å². The minimum atomic E-state index is -0.886. The van der Waals surface area contributed by atoms with Crippen molar-refractivity contribution in [2.24, 2.45) is 4.99 Å². The van der Waals surface area contributed by atoms with E-state index < -0.39 is 11.6 Å². The number of hydrogen-bond acceptors (Lipinski definition) is 4. The third-order valence-corrected chi connectivity index (χ3v) is 5.80. The fraction of sp³-hybridized carbons (Fsp3) is 0.333. The van der Waals surface area contributed by atoms with E-state index in [-0.39, 0.29) is 5.56 Å². The van der Waals surface area contributed by atoms with E-state index in [0.717, 1.165) is 43.5 Å². The number of nitrogens with zero attached hydrogens (tertiary/aromatic N) is 4. The molecule has 1 aliphatic heterocycles. The summed E-state index contributed by atoms with van der Waals surface area (Å²) < 4.78 is 27.9. The number of aromatic amines is 1. The monoisotopic (exact) mass is 423 g/mol. The minimum Gasteiger partial charge on any atom is -0.369 e. The van der Waals surface area contributed by atoms with Gasteiger partial charge in [0.25, 0.3) is 0 Å². The molecule has 1 N–H and O–H groups in total. The Bertz CT molecular complexity index is 1080. The zero-order chi connectivity index (χ0) is 22.0. The van der Waals surface area contributed by atoms with Crippen molar-refractivity contribution in [2.45, 2.75) is 20.3 Å². The Hall–Kier alpha value is -3.06. The molecular formula is C24H27F2N5. The number of benzene rings is 2. The standard InChI is InChI=1S/C24H27F2N5/c1-4-21-24(27-16(2)19-6-5-7-20(25)22(19)26)23(29-28-21)17-8-10-18(11-9-17)31-14-12-30(3)13-15-31/h5-11H,4,12-15H2,1-3H3,(H,28,29)/b27-16+. The summed E-state index contributed by atoms with van der Waals surface area (Å²) in [6, 6.07) is 12.4. The smallest absolute Gasteiger partial charge is 0.167 e. The topological polar surface area (TPSA) is 47.5 Å². The van der Waals surface area contributed by atoms with Crippen molar-refractivity contribution in [1.82, 2.24) is 15.1 Å². The van der Waals surface area contributed by atoms with Crippen molar-refractivity contribution in [3.63, 3.8) is 0 Å². The highest BCUT2D eigenvalue weighted by molar-refractivity contribution is 6.01. The average molecular weight is 424 g/mol. The largest absolute Gasteiger partial charge is 0.369 e. The molecule has 1 saturated heterocycles. The molecule has 0 aliphatic carbocycles. The molecule has 1 fully saturated rings. The van der Waals surface area contributed by atoms with Crippen molar-refractivity contribution in [3.8, 4) is 11.3 Å². The number of aryl methyl sites for hydroxylation is 1. The molecule has 1 aliphatic rings. The highest BCUT2D eigenvalue weighted by atomic mass is 19.2. The maximum atomic E-state index is 14.2. The maximum absolute atomic E-state index is 14.2. The van der Waals surface area contributed by atoms with Gasteiger partial charge in [-0.3, -0.25) is 5.10 Å². The summed E-state index contributed by atoms with van der Waals surface area (Å²) >= 11 is 0. The summed E-state index contributed by atoms with van der Waals surface area (Å²) in [7, 11) is 2.14. The normalized spacial score (nSPS) is 15.5. The van der Waals surface area contributed by atoms with Gasteiger partial charge >= 0.3 is 0 Å². The predicted molar refractivity (Wildman–Crippen MR) is 121 cm³/mol. The molecule has 0 amide bonds. The first-order chi connectivity index (χ1) is 15.0. The van der Waals surface area contributed by atoms with Gasteiger partial charge in [-0.1, -0.05) is 25.1 Å². The van der Waals surface area contributed by atoms with Crippen molar-refractivity contribution in [1.29, 1.82) is 0 Å². The molecule has 0 bridgehead atoms. The summed E-state index contributed by atoms with van der Waals surface area (Å²) in [6.45, 7) is 7.80. The number of H-pyrrole nitrogens is 1. The van der Waals surface area contributed by atoms with E-state index in [1.807, 2.05) is 19.1 Å². The molecule has 5 nitrogen and oxygen atoms in total. The van der Waals surface area contributed by atoms with Crippen LogP contribution in [0.25, 0.3) is 11.3 Å². The van der Waals surface area contributed by atoms with Crippen molar-refractivity contribution in [3.05, 3.63) is 65.4 Å². The van der Waals surface area contributed by atoms with Gasteiger partial charge in [-0.2, -0.15) is 5.10 Å². The number of nitrogens with one attached hydrogen (secondary N) is 1. The number of likely N-dealkylation sites (N-methyl/N-ethyl adjacent to an activating group) is 1. The summed E-state index contributed by atoms with van der Waals surface area (Å²) in [6.07, 6.45) is 0.699. The van der Waals surface area contributed by atoms with Crippen molar-refractivity contribution < 1.29 is 8.78 Å². The van der Waals surface area contributed by atoms with E-state index in [9.17, 15) is 8.78 Å². The Labute approximate surface area is 181 Å². The van der Waals surface area contributed by atoms with Crippen LogP contribution in [0.3, 0.4) is 0 Å². The van der Waals surface area contributed by atoms with Crippen LogP contribution in [0.15, 0.2) is 47.5 Å². The lowest BCUT2D eigenvalue weighted by Gasteiger charge is -2.34. The second-order valence-electron chi connectivity index (χ2n) is 7.89. The van der Waals surface area contributed by atoms with Gasteiger partial charge in [0.1, 0.15) is 11.4 Å². The molecule has 0 spiro atoms. The number of anilines is 1. The molecule has 0 atom stereocenters. The highest BCUT2D eigenvalue weighted by Gasteiger charge is 2.18. The first-order valence-electron chi connectivity index (χ1n) is 10.6. The number of aromatic nitrogens is 2. The van der Waals surface area contributed by atoms with E-state index in [2.05, 4.69) is 44.2 Å². The zero-order valence-electron chi connectivity index (χ0n) is 18.1. The van der Waals surface area contributed by atoms with Crippen LogP contribution < -0.4 is 4.90 Å². The number of piperazine rings is 1. The lowest BCUT2D eigenvalue weighted by molar-refractivity contribution is 0.313. The second-order valence-corrected chi connectivity index (χ2v) is 7.89. The molecular weight excluding hydrogens is 396 g/mol. The summed E-state index contributed by atoms with van der Waals surface area (Å²) in [4.78, 5) is 9.36. The molecule has 3 aromatic rings. The summed E-state index contributed by atoms with van der Waals surface area (Å²) in [5.41, 5.74) is 4.90. The Balaban J connectivity index is 1.66. The Morgan fingerprint density at radius 3 is 2.45 bits per heavy atom. The zero-order valence-corrected chi connectivity index (χ0v) is 18.1. The van der Waals surface area contributed by atoms with E-state index in [0.29, 0.717) is 23.5 Å². The lowest BCUT2D eigenvalue weighted by Crippen LogP contribution is -2.44. The molecule has 1 aromatic heterocycles. The van der Waals surface area contributed by atoms with Crippen LogP contribution >= 0.6 is 0 Å². The van der Waals surface area contributed by atoms with Gasteiger partial charge in [0.05, 0.1) is 5.69 Å². The van der Waals surface area contributed by atoms with Crippen LogP contribution in [-0.4, -0.2) is 54.0 Å². The lowest BCUT2D eigenvalue weighted by atomic mass is 10.1. The quantitative estimate of drug-likeness (QED) is 0.599. The van der Waals surface area contributed by atoms with Gasteiger partial charge in [-0.15, -0.1) is 0 Å². The SMILES string of the molecule is CCc1[nH]nc(-c2ccc(N3CCN(C)CC3)cc2)c1/N=C(\C)c1cccc(F)c1F. The summed E-state index contributed by atoms with van der Waals surface area (Å²) in [5.74, 6) is -1.77. The maximum Gasteiger partial charge on any atom is 0.167 e. The van der Waals surface area contributed by atoms with Crippen molar-refractivity contribution >= 4 is 17.1 Å². The van der Waals surface area contributed by atoms with Crippen LogP contribution in [0.1, 0.15) is 25.1 Å². The Morgan fingerprint density at radius 1 is 1.06 bits per heavy atom. The van der Waals surface area contributed by atoms with Crippen LogP contribution in [0.2, 0.25) is 0 Å². The van der Waals surface area contributed by atoms with E-state index in [1.54, 1.807) is 6.92 Å². The van der Waals surface area contributed by atoms with Gasteiger partial charge < -0.3 is 9.80 Å². The number of rotatable bonds is 5. The molecule has 0 saturated carbocycles. The molecule has 162 valence electrons. The first-order valence-corrected chi connectivity index (χ1v) is 10.6. The minimum absolute atomic E-state index is 0.152. The van der Waals surface area contributed by atoms with E-state index in [4.69, 9.17) is 0 Å². The number of hydrogen-bond donors (Lipinski definition) is 1. The van der Waals surface area contributed by atoms with Gasteiger partial charge in [-0.05, 0) is 44.7 Å². The molecule has 0 radical (unpaired) electrons. The first kappa shape index (κ1) is 21.2.